The highest BCUT2D eigenvalue weighted by Crippen LogP contribution is 2.80. The van der Waals surface area contributed by atoms with Gasteiger partial charge >= 0.3 is 6.03 Å². The number of amides is 3. The van der Waals surface area contributed by atoms with E-state index in [-0.39, 0.29) is 23.7 Å². The maximum atomic E-state index is 13.8. The van der Waals surface area contributed by atoms with E-state index in [1.165, 1.54) is 25.0 Å². The fraction of sp³-hybridized carbons (Fsp3) is 0.522. The lowest BCUT2D eigenvalue weighted by Crippen LogP contribution is -2.61. The molecule has 1 aromatic heterocycles. The van der Waals surface area contributed by atoms with Crippen LogP contribution in [0.4, 0.5) is 9.18 Å². The topological polar surface area (TPSA) is 93.2 Å². The van der Waals surface area contributed by atoms with Gasteiger partial charge in [-0.05, 0) is 55.1 Å². The second-order valence-corrected chi connectivity index (χ2v) is 9.98. The summed E-state index contributed by atoms with van der Waals surface area (Å²) in [6.07, 6.45) is 4.60. The normalized spacial score (nSPS) is 32.5. The number of rotatable bonds is 3. The molecule has 1 aromatic carbocycles. The Kier molecular flexibility index (Phi) is 3.69. The van der Waals surface area contributed by atoms with Gasteiger partial charge < -0.3 is 16.0 Å². The van der Waals surface area contributed by atoms with Crippen LogP contribution < -0.4 is 11.1 Å². The molecule has 3 N–H and O–H groups in total. The van der Waals surface area contributed by atoms with E-state index in [0.29, 0.717) is 41.4 Å². The highest BCUT2D eigenvalue weighted by atomic mass is 19.1. The van der Waals surface area contributed by atoms with Gasteiger partial charge in [0.25, 0.3) is 5.91 Å². The summed E-state index contributed by atoms with van der Waals surface area (Å²) in [6.45, 7) is 3.51. The van der Waals surface area contributed by atoms with Crippen LogP contribution in [0.5, 0.6) is 0 Å². The Morgan fingerprint density at radius 3 is 2.77 bits per heavy atom. The number of hydrogen-bond acceptors (Lipinski definition) is 3. The monoisotopic (exact) mass is 423 g/mol. The van der Waals surface area contributed by atoms with Crippen molar-refractivity contribution < 1.29 is 14.0 Å². The molecule has 2 heterocycles. The molecule has 1 spiro atoms. The van der Waals surface area contributed by atoms with Crippen LogP contribution in [0.25, 0.3) is 11.3 Å². The van der Waals surface area contributed by atoms with Crippen LogP contribution in [0.3, 0.4) is 0 Å². The Bertz CT molecular complexity index is 1130. The number of hydrogen-bond donors (Lipinski definition) is 2. The molecule has 0 saturated heterocycles. The van der Waals surface area contributed by atoms with Crippen molar-refractivity contribution in [2.24, 2.45) is 23.0 Å². The predicted octanol–water partition coefficient (Wildman–Crippen LogP) is 2.89. The zero-order chi connectivity index (χ0) is 21.5. The van der Waals surface area contributed by atoms with E-state index >= 15 is 0 Å². The number of primary amides is 1. The second kappa shape index (κ2) is 6.08. The summed E-state index contributed by atoms with van der Waals surface area (Å²) < 4.78 is 15.5. The number of nitrogens with zero attached hydrogens (tertiary/aromatic N) is 3. The Morgan fingerprint density at radius 2 is 2.06 bits per heavy atom. The van der Waals surface area contributed by atoms with Crippen molar-refractivity contribution in [2.75, 3.05) is 6.54 Å². The number of halogens is 1. The van der Waals surface area contributed by atoms with Crippen molar-refractivity contribution in [2.45, 2.75) is 51.2 Å². The highest BCUT2D eigenvalue weighted by molar-refractivity contribution is 6.00. The van der Waals surface area contributed by atoms with Gasteiger partial charge in [0.1, 0.15) is 11.5 Å². The average molecular weight is 423 g/mol. The highest BCUT2D eigenvalue weighted by Gasteiger charge is 2.79. The van der Waals surface area contributed by atoms with Crippen molar-refractivity contribution in [3.63, 3.8) is 0 Å². The molecule has 4 unspecified atom stereocenters. The molecule has 6 rings (SSSR count). The molecule has 3 amide bonds. The molecule has 4 aliphatic rings. The van der Waals surface area contributed by atoms with E-state index in [1.807, 2.05) is 0 Å². The second-order valence-electron chi connectivity index (χ2n) is 9.98. The van der Waals surface area contributed by atoms with E-state index in [2.05, 4.69) is 17.3 Å². The van der Waals surface area contributed by atoms with Crippen molar-refractivity contribution in [3.8, 4) is 11.3 Å². The molecule has 7 nitrogen and oxygen atoms in total. The van der Waals surface area contributed by atoms with Crippen molar-refractivity contribution in [3.05, 3.63) is 41.3 Å². The van der Waals surface area contributed by atoms with Crippen LogP contribution in [-0.2, 0) is 13.1 Å². The van der Waals surface area contributed by atoms with E-state index in [1.54, 1.807) is 21.7 Å². The summed E-state index contributed by atoms with van der Waals surface area (Å²) in [5.74, 6) is 0.407. The molecule has 3 saturated carbocycles. The van der Waals surface area contributed by atoms with Gasteiger partial charge in [0.15, 0.2) is 0 Å². The summed E-state index contributed by atoms with van der Waals surface area (Å²) in [4.78, 5) is 27.3. The smallest absolute Gasteiger partial charge is 0.318 e. The number of nitrogens with two attached hydrogens (primary N) is 1. The molecule has 2 aromatic rings. The Labute approximate surface area is 179 Å². The molecule has 1 aliphatic heterocycles. The molecular formula is C23H26FN5O2. The number of urea groups is 1. The SMILES string of the molecule is CC1CC2(NC(=O)N3CCn4nc(-c5cccc(F)c5)c(C(N)=O)c4C3)CC3CC32C1. The lowest BCUT2D eigenvalue weighted by atomic mass is 9.68. The summed E-state index contributed by atoms with van der Waals surface area (Å²) >= 11 is 0. The fourth-order valence-corrected chi connectivity index (χ4v) is 6.85. The van der Waals surface area contributed by atoms with Gasteiger partial charge in [-0.1, -0.05) is 19.1 Å². The number of carbonyl (C=O) groups excluding carboxylic acids is 2. The van der Waals surface area contributed by atoms with Gasteiger partial charge in [-0.2, -0.15) is 5.10 Å². The first-order valence-corrected chi connectivity index (χ1v) is 11.0. The molecule has 4 atom stereocenters. The lowest BCUT2D eigenvalue weighted by molar-refractivity contribution is 0.0923. The van der Waals surface area contributed by atoms with Gasteiger partial charge in [0.2, 0.25) is 0 Å². The van der Waals surface area contributed by atoms with Crippen LogP contribution in [0.1, 0.15) is 48.7 Å². The molecular weight excluding hydrogens is 397 g/mol. The first-order valence-electron chi connectivity index (χ1n) is 11.0. The molecule has 0 radical (unpaired) electrons. The molecule has 0 bridgehead atoms. The maximum absolute atomic E-state index is 13.8. The first-order chi connectivity index (χ1) is 14.8. The number of aromatic nitrogens is 2. The zero-order valence-corrected chi connectivity index (χ0v) is 17.5. The third-order valence-electron chi connectivity index (χ3n) is 8.15. The minimum absolute atomic E-state index is 0.0505. The van der Waals surface area contributed by atoms with Gasteiger partial charge in [-0.3, -0.25) is 9.48 Å². The average Bonchev–Trinajstić information content (AvgIpc) is 3.04. The van der Waals surface area contributed by atoms with Crippen LogP contribution in [-0.4, -0.2) is 38.7 Å². The minimum atomic E-state index is -0.621. The summed E-state index contributed by atoms with van der Waals surface area (Å²) in [7, 11) is 0. The van der Waals surface area contributed by atoms with Crippen molar-refractivity contribution in [1.29, 1.82) is 0 Å². The summed E-state index contributed by atoms with van der Waals surface area (Å²) in [5, 5.41) is 7.93. The quantitative estimate of drug-likeness (QED) is 0.795. The maximum Gasteiger partial charge on any atom is 0.318 e. The van der Waals surface area contributed by atoms with Gasteiger partial charge in [0.05, 0.1) is 24.3 Å². The third-order valence-corrected chi connectivity index (χ3v) is 8.15. The molecule has 3 fully saturated rings. The van der Waals surface area contributed by atoms with Gasteiger partial charge in [0, 0.05) is 17.6 Å². The number of fused-ring (bicyclic) bond motifs is 1. The Morgan fingerprint density at radius 1 is 1.23 bits per heavy atom. The molecule has 162 valence electrons. The van der Waals surface area contributed by atoms with E-state index in [4.69, 9.17) is 5.73 Å². The first kappa shape index (κ1) is 18.8. The largest absolute Gasteiger partial charge is 0.365 e. The standard InChI is InChI=1S/C23H26FN5O2/c1-13-8-22-10-15(22)11-23(22,9-13)26-21(31)28-5-6-29-17(12-28)18(20(25)30)19(27-29)14-3-2-4-16(24)7-14/h2-4,7,13,15H,5-6,8-12H2,1H3,(H2,25,30)(H,26,31). The fourth-order valence-electron chi connectivity index (χ4n) is 6.85. The minimum Gasteiger partial charge on any atom is -0.365 e. The van der Waals surface area contributed by atoms with Crippen LogP contribution in [0.2, 0.25) is 0 Å². The van der Waals surface area contributed by atoms with Crippen LogP contribution in [0.15, 0.2) is 24.3 Å². The van der Waals surface area contributed by atoms with Gasteiger partial charge in [-0.25, -0.2) is 9.18 Å². The summed E-state index contributed by atoms with van der Waals surface area (Å²) in [6, 6.07) is 5.89. The Hall–Kier alpha value is -2.90. The van der Waals surface area contributed by atoms with E-state index in [9.17, 15) is 14.0 Å². The molecule has 3 aliphatic carbocycles. The lowest BCUT2D eigenvalue weighted by Gasteiger charge is -2.46. The molecule has 8 heteroatoms. The zero-order valence-electron chi connectivity index (χ0n) is 17.5. The number of benzene rings is 1. The van der Waals surface area contributed by atoms with Crippen molar-refractivity contribution >= 4 is 11.9 Å². The molecule has 31 heavy (non-hydrogen) atoms. The van der Waals surface area contributed by atoms with Gasteiger partial charge in [-0.15, -0.1) is 0 Å². The summed E-state index contributed by atoms with van der Waals surface area (Å²) in [5.41, 5.74) is 7.72. The van der Waals surface area contributed by atoms with E-state index in [0.717, 1.165) is 18.8 Å². The van der Waals surface area contributed by atoms with E-state index < -0.39 is 11.7 Å². The van der Waals surface area contributed by atoms with Crippen molar-refractivity contribution in [1.82, 2.24) is 20.0 Å². The predicted molar refractivity (Wildman–Crippen MR) is 111 cm³/mol. The van der Waals surface area contributed by atoms with Crippen LogP contribution >= 0.6 is 0 Å². The third kappa shape index (κ3) is 2.53. The number of nitrogens with one attached hydrogen (secondary N) is 1. The Balaban J connectivity index is 1.28. The number of carbonyl (C=O) groups is 2. The van der Waals surface area contributed by atoms with Crippen LogP contribution in [0, 0.1) is 23.1 Å².